The molecular weight excluding hydrogens is 299 g/mol. The van der Waals surface area contributed by atoms with Crippen molar-refractivity contribution >= 4 is 34.5 Å². The maximum atomic E-state index is 6.01. The molecule has 5 heteroatoms. The highest BCUT2D eigenvalue weighted by Gasteiger charge is 2.12. The Hall–Kier alpha value is -0.610. The summed E-state index contributed by atoms with van der Waals surface area (Å²) >= 11 is 13.7. The van der Waals surface area contributed by atoms with E-state index >= 15 is 0 Å². The maximum absolute atomic E-state index is 6.01. The molecule has 0 radical (unpaired) electrons. The van der Waals surface area contributed by atoms with E-state index in [1.54, 1.807) is 11.3 Å². The number of benzene rings is 1. The van der Waals surface area contributed by atoms with E-state index in [9.17, 15) is 0 Å². The Morgan fingerprint density at radius 2 is 2.00 bits per heavy atom. The van der Waals surface area contributed by atoms with Crippen LogP contribution >= 0.6 is 34.5 Å². The summed E-state index contributed by atoms with van der Waals surface area (Å²) in [5.74, 6) is 0. The van der Waals surface area contributed by atoms with Crippen LogP contribution in [0.1, 0.15) is 34.1 Å². The van der Waals surface area contributed by atoms with Crippen molar-refractivity contribution in [3.05, 3.63) is 49.4 Å². The minimum Gasteiger partial charge on any atom is -0.305 e. The summed E-state index contributed by atoms with van der Waals surface area (Å²) in [5.41, 5.74) is 2.23. The lowest BCUT2D eigenvalue weighted by Crippen LogP contribution is -2.17. The first-order valence-electron chi connectivity index (χ1n) is 6.08. The van der Waals surface area contributed by atoms with E-state index in [1.807, 2.05) is 25.1 Å². The molecule has 1 N–H and O–H groups in total. The fourth-order valence-corrected chi connectivity index (χ4v) is 3.24. The average molecular weight is 315 g/mol. The predicted octanol–water partition coefficient (Wildman–Crippen LogP) is 4.92. The minimum atomic E-state index is 0.278. The molecule has 2 nitrogen and oxygen atoms in total. The average Bonchev–Trinajstić information content (AvgIpc) is 2.70. The number of aromatic nitrogens is 1. The molecule has 1 aromatic heterocycles. The van der Waals surface area contributed by atoms with Gasteiger partial charge in [-0.1, -0.05) is 29.3 Å². The first-order chi connectivity index (χ1) is 8.97. The quantitative estimate of drug-likeness (QED) is 0.866. The third-order valence-corrected chi connectivity index (χ3v) is 4.92. The van der Waals surface area contributed by atoms with Gasteiger partial charge < -0.3 is 5.32 Å². The molecule has 2 rings (SSSR count). The second kappa shape index (κ2) is 6.23. The van der Waals surface area contributed by atoms with Crippen LogP contribution in [-0.4, -0.2) is 4.98 Å². The van der Waals surface area contributed by atoms with Crippen molar-refractivity contribution in [1.29, 1.82) is 0 Å². The van der Waals surface area contributed by atoms with Gasteiger partial charge in [0.25, 0.3) is 0 Å². The molecule has 1 atom stereocenters. The molecule has 0 spiro atoms. The van der Waals surface area contributed by atoms with E-state index in [1.165, 1.54) is 4.88 Å². The smallest absolute Gasteiger partial charge is 0.0900 e. The topological polar surface area (TPSA) is 24.9 Å². The SMILES string of the molecule is Cc1nc(C)c(C(C)NCc2ccc(Cl)c(Cl)c2)s1. The Kier molecular flexibility index (Phi) is 4.85. The number of halogens is 2. The zero-order valence-corrected chi connectivity index (χ0v) is 13.5. The largest absolute Gasteiger partial charge is 0.305 e. The van der Waals surface area contributed by atoms with Crippen LogP contribution in [0.5, 0.6) is 0 Å². The Morgan fingerprint density at radius 3 is 2.58 bits per heavy atom. The normalized spacial score (nSPS) is 12.7. The molecule has 1 unspecified atom stereocenters. The van der Waals surface area contributed by atoms with Crippen LogP contribution in [0.3, 0.4) is 0 Å². The monoisotopic (exact) mass is 314 g/mol. The van der Waals surface area contributed by atoms with Crippen molar-refractivity contribution in [2.75, 3.05) is 0 Å². The van der Waals surface area contributed by atoms with Gasteiger partial charge in [0.15, 0.2) is 0 Å². The summed E-state index contributed by atoms with van der Waals surface area (Å²) in [6.07, 6.45) is 0. The molecular formula is C14H16Cl2N2S. The van der Waals surface area contributed by atoms with E-state index in [-0.39, 0.29) is 6.04 Å². The van der Waals surface area contributed by atoms with Crippen LogP contribution in [0.15, 0.2) is 18.2 Å². The van der Waals surface area contributed by atoms with Gasteiger partial charge in [-0.2, -0.15) is 0 Å². The van der Waals surface area contributed by atoms with Crippen LogP contribution in [0.4, 0.5) is 0 Å². The van der Waals surface area contributed by atoms with Crippen molar-refractivity contribution in [3.8, 4) is 0 Å². The molecule has 0 amide bonds. The molecule has 1 aromatic carbocycles. The molecule has 0 aliphatic heterocycles. The Morgan fingerprint density at radius 1 is 1.26 bits per heavy atom. The van der Waals surface area contributed by atoms with Gasteiger partial charge in [-0.3, -0.25) is 0 Å². The van der Waals surface area contributed by atoms with E-state index in [2.05, 4.69) is 24.1 Å². The number of rotatable bonds is 4. The standard InChI is InChI=1S/C14H16Cl2N2S/c1-8(14-9(2)18-10(3)19-14)17-7-11-4-5-12(15)13(16)6-11/h4-6,8,17H,7H2,1-3H3. The minimum absolute atomic E-state index is 0.278. The van der Waals surface area contributed by atoms with E-state index < -0.39 is 0 Å². The molecule has 19 heavy (non-hydrogen) atoms. The van der Waals surface area contributed by atoms with Crippen LogP contribution < -0.4 is 5.32 Å². The summed E-state index contributed by atoms with van der Waals surface area (Å²) in [4.78, 5) is 5.74. The van der Waals surface area contributed by atoms with Crippen molar-refractivity contribution in [3.63, 3.8) is 0 Å². The van der Waals surface area contributed by atoms with Crippen molar-refractivity contribution < 1.29 is 0 Å². The zero-order valence-electron chi connectivity index (χ0n) is 11.1. The lowest BCUT2D eigenvalue weighted by atomic mass is 10.2. The Bertz CT molecular complexity index is 581. The molecule has 0 bridgehead atoms. The Balaban J connectivity index is 2.02. The molecule has 0 saturated carbocycles. The van der Waals surface area contributed by atoms with Crippen molar-refractivity contribution in [2.45, 2.75) is 33.4 Å². The van der Waals surface area contributed by atoms with Gasteiger partial charge >= 0.3 is 0 Å². The number of thiazole rings is 1. The highest BCUT2D eigenvalue weighted by molar-refractivity contribution is 7.11. The van der Waals surface area contributed by atoms with Crippen LogP contribution in [0.2, 0.25) is 10.0 Å². The molecule has 0 aliphatic carbocycles. The van der Waals surface area contributed by atoms with Gasteiger partial charge in [-0.15, -0.1) is 11.3 Å². The first-order valence-corrected chi connectivity index (χ1v) is 7.66. The lowest BCUT2D eigenvalue weighted by Gasteiger charge is -2.13. The van der Waals surface area contributed by atoms with Crippen LogP contribution in [0.25, 0.3) is 0 Å². The van der Waals surface area contributed by atoms with Crippen LogP contribution in [-0.2, 0) is 6.54 Å². The summed E-state index contributed by atoms with van der Waals surface area (Å²) in [6.45, 7) is 6.99. The van der Waals surface area contributed by atoms with E-state index in [0.717, 1.165) is 22.8 Å². The number of aryl methyl sites for hydroxylation is 2. The number of nitrogens with zero attached hydrogens (tertiary/aromatic N) is 1. The number of hydrogen-bond acceptors (Lipinski definition) is 3. The zero-order chi connectivity index (χ0) is 14.0. The summed E-state index contributed by atoms with van der Waals surface area (Å²) in [7, 11) is 0. The summed E-state index contributed by atoms with van der Waals surface area (Å²) < 4.78 is 0. The molecule has 2 aromatic rings. The summed E-state index contributed by atoms with van der Waals surface area (Å²) in [5, 5.41) is 5.78. The molecule has 0 fully saturated rings. The van der Waals surface area contributed by atoms with Gasteiger partial charge in [-0.25, -0.2) is 4.98 Å². The van der Waals surface area contributed by atoms with Gasteiger partial charge in [0.05, 0.1) is 20.7 Å². The fourth-order valence-electron chi connectivity index (χ4n) is 1.96. The second-order valence-electron chi connectivity index (χ2n) is 4.53. The van der Waals surface area contributed by atoms with Crippen molar-refractivity contribution in [1.82, 2.24) is 10.3 Å². The van der Waals surface area contributed by atoms with Crippen molar-refractivity contribution in [2.24, 2.45) is 0 Å². The van der Waals surface area contributed by atoms with Gasteiger partial charge in [0.2, 0.25) is 0 Å². The number of nitrogens with one attached hydrogen (secondary N) is 1. The third kappa shape index (κ3) is 3.69. The molecule has 1 heterocycles. The third-order valence-electron chi connectivity index (χ3n) is 2.93. The van der Waals surface area contributed by atoms with Gasteiger partial charge in [0.1, 0.15) is 0 Å². The Labute approximate surface area is 127 Å². The molecule has 0 saturated heterocycles. The molecule has 0 aliphatic rings. The van der Waals surface area contributed by atoms with E-state index in [0.29, 0.717) is 10.0 Å². The number of hydrogen-bond donors (Lipinski definition) is 1. The maximum Gasteiger partial charge on any atom is 0.0900 e. The highest BCUT2D eigenvalue weighted by atomic mass is 35.5. The first kappa shape index (κ1) is 14.8. The molecule has 102 valence electrons. The van der Waals surface area contributed by atoms with Crippen LogP contribution in [0, 0.1) is 13.8 Å². The van der Waals surface area contributed by atoms with Gasteiger partial charge in [-0.05, 0) is 38.5 Å². The fraction of sp³-hybridized carbons (Fsp3) is 0.357. The van der Waals surface area contributed by atoms with Gasteiger partial charge in [0, 0.05) is 17.5 Å². The highest BCUT2D eigenvalue weighted by Crippen LogP contribution is 2.26. The van der Waals surface area contributed by atoms with E-state index in [4.69, 9.17) is 23.2 Å². The predicted molar refractivity (Wildman–Crippen MR) is 83.3 cm³/mol. The lowest BCUT2D eigenvalue weighted by molar-refractivity contribution is 0.579. The second-order valence-corrected chi connectivity index (χ2v) is 6.58. The summed E-state index contributed by atoms with van der Waals surface area (Å²) in [6, 6.07) is 5.99.